The van der Waals surface area contributed by atoms with Crippen LogP contribution in [0, 0.1) is 0 Å². The molecule has 4 amide bonds. The van der Waals surface area contributed by atoms with Crippen LogP contribution >= 0.6 is 0 Å². The first-order valence-corrected chi connectivity index (χ1v) is 9.72. The largest absolute Gasteiger partial charge is 0.468 e. The van der Waals surface area contributed by atoms with Crippen molar-refractivity contribution < 1.29 is 38.2 Å². The lowest BCUT2D eigenvalue weighted by atomic mass is 10.2. The molecule has 0 fully saturated rings. The minimum atomic E-state index is -1.03. The van der Waals surface area contributed by atoms with Gasteiger partial charge in [-0.15, -0.1) is 0 Å². The van der Waals surface area contributed by atoms with Gasteiger partial charge in [0.2, 0.25) is 0 Å². The van der Waals surface area contributed by atoms with Gasteiger partial charge < -0.3 is 35.1 Å². The predicted octanol–water partition coefficient (Wildman–Crippen LogP) is 0.154. The number of esters is 1. The number of methoxy groups -OCH3 is 1. The molecule has 0 atom stereocenters. The van der Waals surface area contributed by atoms with Gasteiger partial charge in [0.1, 0.15) is 17.7 Å². The number of carbonyl (C=O) groups excluding carboxylic acids is 5. The summed E-state index contributed by atoms with van der Waals surface area (Å²) in [6.07, 6.45) is -1.36. The molecule has 0 saturated carbocycles. The third-order valence-corrected chi connectivity index (χ3v) is 3.20. The average molecular weight is 447 g/mol. The molecule has 0 aliphatic carbocycles. The second kappa shape index (κ2) is 12.6. The number of hydrogen-bond acceptors (Lipinski definition) is 8. The molecule has 0 aromatic carbocycles. The van der Waals surface area contributed by atoms with Gasteiger partial charge in [-0.25, -0.2) is 9.59 Å². The Balaban J connectivity index is 4.85. The van der Waals surface area contributed by atoms with Crippen LogP contribution in [-0.2, 0) is 28.6 Å². The average Bonchev–Trinajstić information content (AvgIpc) is 2.60. The maximum Gasteiger partial charge on any atom is 0.407 e. The minimum Gasteiger partial charge on any atom is -0.468 e. The molecule has 178 valence electrons. The zero-order valence-electron chi connectivity index (χ0n) is 19.2. The highest BCUT2D eigenvalue weighted by atomic mass is 16.6. The first kappa shape index (κ1) is 27.9. The van der Waals surface area contributed by atoms with Crippen LogP contribution in [0.2, 0.25) is 0 Å². The van der Waals surface area contributed by atoms with E-state index < -0.39 is 47.7 Å². The molecule has 0 aromatic heterocycles. The van der Waals surface area contributed by atoms with Gasteiger partial charge in [0, 0.05) is 26.2 Å². The van der Waals surface area contributed by atoms with Crippen molar-refractivity contribution in [3.05, 3.63) is 0 Å². The molecule has 0 unspecified atom stereocenters. The molecule has 0 aromatic rings. The van der Waals surface area contributed by atoms with Gasteiger partial charge in [0.05, 0.1) is 7.11 Å². The van der Waals surface area contributed by atoms with E-state index in [1.165, 1.54) is 0 Å². The van der Waals surface area contributed by atoms with Crippen molar-refractivity contribution in [2.75, 3.05) is 39.8 Å². The van der Waals surface area contributed by atoms with Crippen molar-refractivity contribution in [3.63, 3.8) is 0 Å². The monoisotopic (exact) mass is 446 g/mol. The topological polar surface area (TPSA) is 152 Å². The highest BCUT2D eigenvalue weighted by molar-refractivity contribution is 6.35. The maximum absolute atomic E-state index is 12.4. The second-order valence-electron chi connectivity index (χ2n) is 8.41. The Morgan fingerprint density at radius 2 is 1.16 bits per heavy atom. The first-order chi connectivity index (χ1) is 14.1. The van der Waals surface area contributed by atoms with Crippen LogP contribution in [0.3, 0.4) is 0 Å². The normalized spacial score (nSPS) is 11.1. The van der Waals surface area contributed by atoms with E-state index in [9.17, 15) is 24.0 Å². The number of ether oxygens (including phenoxy) is 3. The van der Waals surface area contributed by atoms with E-state index in [-0.39, 0.29) is 26.2 Å². The Bertz CT molecular complexity index is 618. The summed E-state index contributed by atoms with van der Waals surface area (Å²) in [6.45, 7) is 9.67. The van der Waals surface area contributed by atoms with Gasteiger partial charge in [-0.1, -0.05) is 0 Å². The standard InChI is InChI=1S/C19H34N4O8/c1-18(2,3)30-16(27)20-8-10-23(11-9-21-17(28)31-19(4,5)6)15(26)14(25)22-12-13(24)29-7/h8-12H2,1-7H3,(H,20,27)(H,21,28)(H,22,25). The smallest absolute Gasteiger partial charge is 0.407 e. The summed E-state index contributed by atoms with van der Waals surface area (Å²) in [5.74, 6) is -2.69. The van der Waals surface area contributed by atoms with E-state index in [0.717, 1.165) is 12.0 Å². The van der Waals surface area contributed by atoms with Gasteiger partial charge in [-0.05, 0) is 41.5 Å². The molecule has 0 rings (SSSR count). The van der Waals surface area contributed by atoms with Crippen LogP contribution in [0.4, 0.5) is 9.59 Å². The second-order valence-corrected chi connectivity index (χ2v) is 8.41. The molecule has 0 aliphatic rings. The van der Waals surface area contributed by atoms with Crippen molar-refractivity contribution in [2.45, 2.75) is 52.7 Å². The van der Waals surface area contributed by atoms with Crippen LogP contribution < -0.4 is 16.0 Å². The molecular weight excluding hydrogens is 412 g/mol. The molecule has 3 N–H and O–H groups in total. The number of amides is 4. The van der Waals surface area contributed by atoms with Crippen LogP contribution in [-0.4, -0.2) is 85.9 Å². The summed E-state index contributed by atoms with van der Waals surface area (Å²) < 4.78 is 14.6. The van der Waals surface area contributed by atoms with Gasteiger partial charge in [-0.3, -0.25) is 14.4 Å². The summed E-state index contributed by atoms with van der Waals surface area (Å²) in [4.78, 5) is 60.2. The molecule has 0 spiro atoms. The maximum atomic E-state index is 12.4. The Morgan fingerprint density at radius 3 is 1.52 bits per heavy atom. The van der Waals surface area contributed by atoms with Gasteiger partial charge in [0.25, 0.3) is 0 Å². The fraction of sp³-hybridized carbons (Fsp3) is 0.737. The molecule has 12 heteroatoms. The molecule has 0 saturated heterocycles. The summed E-state index contributed by atoms with van der Waals surface area (Å²) in [5, 5.41) is 7.11. The zero-order valence-corrected chi connectivity index (χ0v) is 19.2. The molecule has 31 heavy (non-hydrogen) atoms. The van der Waals surface area contributed by atoms with E-state index in [1.807, 2.05) is 0 Å². The summed E-state index contributed by atoms with van der Waals surface area (Å²) in [7, 11) is 1.15. The van der Waals surface area contributed by atoms with Gasteiger partial charge in [0.15, 0.2) is 0 Å². The van der Waals surface area contributed by atoms with E-state index in [0.29, 0.717) is 0 Å². The third-order valence-electron chi connectivity index (χ3n) is 3.20. The number of nitrogens with one attached hydrogen (secondary N) is 3. The molecule has 0 radical (unpaired) electrons. The van der Waals surface area contributed by atoms with Crippen molar-refractivity contribution in [3.8, 4) is 0 Å². The summed E-state index contributed by atoms with van der Waals surface area (Å²) >= 11 is 0. The molecule has 0 aliphatic heterocycles. The highest BCUT2D eigenvalue weighted by Gasteiger charge is 2.23. The summed E-state index contributed by atoms with van der Waals surface area (Å²) in [5.41, 5.74) is -1.38. The van der Waals surface area contributed by atoms with Crippen LogP contribution in [0.5, 0.6) is 0 Å². The van der Waals surface area contributed by atoms with E-state index >= 15 is 0 Å². The van der Waals surface area contributed by atoms with Crippen LogP contribution in [0.15, 0.2) is 0 Å². The number of nitrogens with zero attached hydrogens (tertiary/aromatic N) is 1. The zero-order chi connectivity index (χ0) is 24.2. The van der Waals surface area contributed by atoms with E-state index in [1.54, 1.807) is 41.5 Å². The lowest BCUT2D eigenvalue weighted by molar-refractivity contribution is -0.147. The van der Waals surface area contributed by atoms with E-state index in [2.05, 4.69) is 20.7 Å². The Morgan fingerprint density at radius 1 is 0.742 bits per heavy atom. The van der Waals surface area contributed by atoms with Crippen molar-refractivity contribution in [1.29, 1.82) is 0 Å². The van der Waals surface area contributed by atoms with Crippen molar-refractivity contribution in [2.24, 2.45) is 0 Å². The quantitative estimate of drug-likeness (QED) is 0.271. The molecule has 0 bridgehead atoms. The predicted molar refractivity (Wildman–Crippen MR) is 110 cm³/mol. The summed E-state index contributed by atoms with van der Waals surface area (Å²) in [6, 6.07) is 0. The molecule has 0 heterocycles. The van der Waals surface area contributed by atoms with E-state index in [4.69, 9.17) is 9.47 Å². The highest BCUT2D eigenvalue weighted by Crippen LogP contribution is 2.07. The SMILES string of the molecule is COC(=O)CNC(=O)C(=O)N(CCNC(=O)OC(C)(C)C)CCNC(=O)OC(C)(C)C. The molecule has 12 nitrogen and oxygen atoms in total. The van der Waals surface area contributed by atoms with Crippen LogP contribution in [0.1, 0.15) is 41.5 Å². The van der Waals surface area contributed by atoms with Gasteiger partial charge in [-0.2, -0.15) is 0 Å². The number of hydrogen-bond donors (Lipinski definition) is 3. The number of alkyl carbamates (subject to hydrolysis) is 2. The minimum absolute atomic E-state index is 0.00261. The van der Waals surface area contributed by atoms with Gasteiger partial charge >= 0.3 is 30.0 Å². The fourth-order valence-electron chi connectivity index (χ4n) is 1.97. The number of rotatable bonds is 8. The Labute approximate surface area is 182 Å². The number of carbonyl (C=O) groups is 5. The first-order valence-electron chi connectivity index (χ1n) is 9.72. The van der Waals surface area contributed by atoms with Crippen molar-refractivity contribution >= 4 is 30.0 Å². The molecular formula is C19H34N4O8. The Hall–Kier alpha value is -3.05. The van der Waals surface area contributed by atoms with Crippen LogP contribution in [0.25, 0.3) is 0 Å². The third kappa shape index (κ3) is 14.6. The lowest BCUT2D eigenvalue weighted by Crippen LogP contribution is -2.49. The fourth-order valence-corrected chi connectivity index (χ4v) is 1.97. The Kier molecular flexibility index (Phi) is 11.4. The van der Waals surface area contributed by atoms with Crippen molar-refractivity contribution in [1.82, 2.24) is 20.9 Å². The lowest BCUT2D eigenvalue weighted by Gasteiger charge is -2.24.